The highest BCUT2D eigenvalue weighted by atomic mass is 16.6. The van der Waals surface area contributed by atoms with Gasteiger partial charge in [-0.2, -0.15) is 0 Å². The van der Waals surface area contributed by atoms with Gasteiger partial charge >= 0.3 is 12.1 Å². The molecule has 1 saturated heterocycles. The Labute approximate surface area is 120 Å². The molecule has 5 nitrogen and oxygen atoms in total. The van der Waals surface area contributed by atoms with Crippen LogP contribution < -0.4 is 0 Å². The molecule has 1 N–H and O–H groups in total. The maximum atomic E-state index is 12.0. The zero-order valence-corrected chi connectivity index (χ0v) is 12.8. The number of amides is 1. The van der Waals surface area contributed by atoms with E-state index >= 15 is 0 Å². The number of fused-ring (bicyclic) bond motifs is 1. The van der Waals surface area contributed by atoms with Crippen molar-refractivity contribution in [2.75, 3.05) is 13.1 Å². The lowest BCUT2D eigenvalue weighted by Crippen LogP contribution is -2.36. The average Bonchev–Trinajstić information content (AvgIpc) is 2.82. The lowest BCUT2D eigenvalue weighted by Gasteiger charge is -2.25. The van der Waals surface area contributed by atoms with Gasteiger partial charge in [0, 0.05) is 13.1 Å². The number of carboxylic acid groups (broad SMARTS) is 1. The van der Waals surface area contributed by atoms with Gasteiger partial charge in [-0.05, 0) is 51.4 Å². The molecule has 1 aliphatic carbocycles. The van der Waals surface area contributed by atoms with Crippen molar-refractivity contribution in [2.45, 2.75) is 46.1 Å². The molecule has 1 heterocycles. The third-order valence-electron chi connectivity index (χ3n) is 4.54. The summed E-state index contributed by atoms with van der Waals surface area (Å²) in [5.41, 5.74) is -0.463. The van der Waals surface area contributed by atoms with Crippen LogP contribution in [0.1, 0.15) is 40.5 Å². The summed E-state index contributed by atoms with van der Waals surface area (Å²) in [6.07, 6.45) is 1.59. The molecule has 0 bridgehead atoms. The third kappa shape index (κ3) is 3.25. The zero-order chi connectivity index (χ0) is 15.1. The van der Waals surface area contributed by atoms with E-state index in [-0.39, 0.29) is 17.9 Å². The summed E-state index contributed by atoms with van der Waals surface area (Å²) in [7, 11) is 0. The van der Waals surface area contributed by atoms with Crippen molar-refractivity contribution in [2.24, 2.45) is 23.7 Å². The average molecular weight is 283 g/mol. The Balaban J connectivity index is 1.88. The van der Waals surface area contributed by atoms with E-state index in [1.807, 2.05) is 20.8 Å². The fourth-order valence-electron chi connectivity index (χ4n) is 3.43. The second-order valence-electron chi connectivity index (χ2n) is 7.26. The van der Waals surface area contributed by atoms with Crippen molar-refractivity contribution in [3.8, 4) is 0 Å². The topological polar surface area (TPSA) is 66.8 Å². The molecule has 0 aromatic heterocycles. The number of carbonyl (C=O) groups is 2. The first kappa shape index (κ1) is 15.1. The molecule has 3 unspecified atom stereocenters. The monoisotopic (exact) mass is 283 g/mol. The Hall–Kier alpha value is -1.26. The predicted molar refractivity (Wildman–Crippen MR) is 74.3 cm³/mol. The number of aliphatic carboxylic acids is 1. The Morgan fingerprint density at radius 1 is 1.20 bits per heavy atom. The quantitative estimate of drug-likeness (QED) is 0.846. The summed E-state index contributed by atoms with van der Waals surface area (Å²) < 4.78 is 5.39. The van der Waals surface area contributed by atoms with Gasteiger partial charge in [-0.1, -0.05) is 6.92 Å². The summed E-state index contributed by atoms with van der Waals surface area (Å²) >= 11 is 0. The predicted octanol–water partition coefficient (Wildman–Crippen LogP) is 2.60. The normalized spacial score (nSPS) is 31.0. The van der Waals surface area contributed by atoms with Crippen LogP contribution in [0.5, 0.6) is 0 Å². The van der Waals surface area contributed by atoms with Crippen LogP contribution in [0.15, 0.2) is 0 Å². The van der Waals surface area contributed by atoms with E-state index in [1.54, 1.807) is 11.8 Å². The van der Waals surface area contributed by atoms with Gasteiger partial charge in [-0.25, -0.2) is 4.79 Å². The first-order valence-corrected chi connectivity index (χ1v) is 7.38. The second-order valence-corrected chi connectivity index (χ2v) is 7.26. The van der Waals surface area contributed by atoms with Crippen LogP contribution in [0.2, 0.25) is 0 Å². The van der Waals surface area contributed by atoms with E-state index in [4.69, 9.17) is 9.84 Å². The van der Waals surface area contributed by atoms with Gasteiger partial charge in [0.1, 0.15) is 5.60 Å². The molecule has 2 aliphatic rings. The van der Waals surface area contributed by atoms with Crippen LogP contribution in [-0.4, -0.2) is 40.8 Å². The van der Waals surface area contributed by atoms with Crippen LogP contribution in [-0.2, 0) is 9.53 Å². The number of nitrogens with zero attached hydrogens (tertiary/aromatic N) is 1. The van der Waals surface area contributed by atoms with Crippen molar-refractivity contribution in [3.05, 3.63) is 0 Å². The highest BCUT2D eigenvalue weighted by Gasteiger charge is 2.45. The highest BCUT2D eigenvalue weighted by molar-refractivity contribution is 5.70. The highest BCUT2D eigenvalue weighted by Crippen LogP contribution is 2.44. The minimum absolute atomic E-state index is 0.241. The number of carboxylic acids is 1. The maximum Gasteiger partial charge on any atom is 0.410 e. The van der Waals surface area contributed by atoms with Gasteiger partial charge in [-0.15, -0.1) is 0 Å². The van der Waals surface area contributed by atoms with Crippen molar-refractivity contribution in [1.82, 2.24) is 4.90 Å². The molecular formula is C15H25NO4. The zero-order valence-electron chi connectivity index (χ0n) is 12.8. The molecule has 3 atom stereocenters. The molecule has 2 rings (SSSR count). The number of ether oxygens (including phenoxy) is 1. The minimum Gasteiger partial charge on any atom is -0.481 e. The second kappa shape index (κ2) is 5.26. The van der Waals surface area contributed by atoms with Crippen LogP contribution >= 0.6 is 0 Å². The van der Waals surface area contributed by atoms with Gasteiger partial charge in [0.2, 0.25) is 0 Å². The maximum absolute atomic E-state index is 12.0. The van der Waals surface area contributed by atoms with Gasteiger partial charge in [0.15, 0.2) is 0 Å². The van der Waals surface area contributed by atoms with E-state index in [1.165, 1.54) is 0 Å². The van der Waals surface area contributed by atoms with Crippen molar-refractivity contribution in [1.29, 1.82) is 0 Å². The first-order chi connectivity index (χ1) is 9.17. The van der Waals surface area contributed by atoms with Crippen LogP contribution in [0, 0.1) is 23.7 Å². The molecule has 5 heteroatoms. The molecule has 0 aromatic rings. The lowest BCUT2D eigenvalue weighted by molar-refractivity contribution is -0.143. The summed E-state index contributed by atoms with van der Waals surface area (Å²) in [4.78, 5) is 24.9. The number of carbonyl (C=O) groups excluding carboxylic acids is 1. The van der Waals surface area contributed by atoms with Crippen molar-refractivity contribution in [3.63, 3.8) is 0 Å². The molecule has 1 aliphatic heterocycles. The number of hydrogen-bond acceptors (Lipinski definition) is 3. The summed E-state index contributed by atoms with van der Waals surface area (Å²) in [5.74, 6) is 0.140. The molecule has 114 valence electrons. The van der Waals surface area contributed by atoms with Gasteiger partial charge in [0.25, 0.3) is 0 Å². The van der Waals surface area contributed by atoms with E-state index in [2.05, 4.69) is 0 Å². The van der Waals surface area contributed by atoms with Crippen LogP contribution in [0.25, 0.3) is 0 Å². The molecule has 0 aromatic carbocycles. The summed E-state index contributed by atoms with van der Waals surface area (Å²) in [5, 5.41) is 9.09. The van der Waals surface area contributed by atoms with Gasteiger partial charge in [-0.3, -0.25) is 4.79 Å². The smallest absolute Gasteiger partial charge is 0.410 e. The standard InChI is InChI=1S/C15H25NO4/c1-9(13(17)18)10-5-11-7-16(8-12(11)6-10)14(19)20-15(2,3)4/h9-12H,5-8H2,1-4H3,(H,17,18). The fraction of sp³-hybridized carbons (Fsp3) is 0.867. The van der Waals surface area contributed by atoms with E-state index in [0.717, 1.165) is 12.8 Å². The molecule has 1 saturated carbocycles. The largest absolute Gasteiger partial charge is 0.481 e. The van der Waals surface area contributed by atoms with E-state index in [9.17, 15) is 9.59 Å². The molecular weight excluding hydrogens is 258 g/mol. The first-order valence-electron chi connectivity index (χ1n) is 7.38. The lowest BCUT2D eigenvalue weighted by atomic mass is 9.91. The SMILES string of the molecule is CC(C(=O)O)C1CC2CN(C(=O)OC(C)(C)C)CC2C1. The van der Waals surface area contributed by atoms with Crippen LogP contribution in [0.3, 0.4) is 0 Å². The Morgan fingerprint density at radius 2 is 1.70 bits per heavy atom. The molecule has 0 spiro atoms. The molecule has 0 radical (unpaired) electrons. The number of likely N-dealkylation sites (tertiary alicyclic amines) is 1. The van der Waals surface area contributed by atoms with Gasteiger partial charge < -0.3 is 14.7 Å². The molecule has 1 amide bonds. The van der Waals surface area contributed by atoms with E-state index in [0.29, 0.717) is 24.9 Å². The number of hydrogen-bond donors (Lipinski definition) is 1. The molecule has 20 heavy (non-hydrogen) atoms. The van der Waals surface area contributed by atoms with Gasteiger partial charge in [0.05, 0.1) is 5.92 Å². The van der Waals surface area contributed by atoms with Crippen molar-refractivity contribution >= 4 is 12.1 Å². The van der Waals surface area contributed by atoms with Crippen molar-refractivity contribution < 1.29 is 19.4 Å². The Kier molecular flexibility index (Phi) is 3.98. The Morgan fingerprint density at radius 3 is 2.10 bits per heavy atom. The number of rotatable bonds is 2. The fourth-order valence-corrected chi connectivity index (χ4v) is 3.43. The van der Waals surface area contributed by atoms with E-state index < -0.39 is 11.6 Å². The Bertz CT molecular complexity index is 387. The molecule has 2 fully saturated rings. The summed E-state index contributed by atoms with van der Waals surface area (Å²) in [6.45, 7) is 8.82. The third-order valence-corrected chi connectivity index (χ3v) is 4.54. The van der Waals surface area contributed by atoms with Crippen LogP contribution in [0.4, 0.5) is 4.79 Å². The summed E-state index contributed by atoms with van der Waals surface area (Å²) in [6, 6.07) is 0. The minimum atomic E-state index is -0.709.